The van der Waals surface area contributed by atoms with Crippen molar-refractivity contribution in [3.05, 3.63) is 54.0 Å². The van der Waals surface area contributed by atoms with E-state index >= 15 is 0 Å². The SMILES string of the molecule is NNC(=O)c1ccccc1CSc1cnccn1. The van der Waals surface area contributed by atoms with E-state index in [-0.39, 0.29) is 5.91 Å². The third-order valence-electron chi connectivity index (χ3n) is 2.31. The van der Waals surface area contributed by atoms with Gasteiger partial charge in [-0.05, 0) is 11.6 Å². The van der Waals surface area contributed by atoms with E-state index in [9.17, 15) is 4.79 Å². The van der Waals surface area contributed by atoms with Crippen LogP contribution in [0.5, 0.6) is 0 Å². The van der Waals surface area contributed by atoms with Gasteiger partial charge in [-0.1, -0.05) is 18.2 Å². The highest BCUT2D eigenvalue weighted by molar-refractivity contribution is 7.98. The standard InChI is InChI=1S/C12H12N4OS/c13-16-12(17)10-4-2-1-3-9(10)8-18-11-7-14-5-6-15-11/h1-7H,8,13H2,(H,16,17). The van der Waals surface area contributed by atoms with Crippen LogP contribution in [0.3, 0.4) is 0 Å². The van der Waals surface area contributed by atoms with Crippen LogP contribution >= 0.6 is 11.8 Å². The van der Waals surface area contributed by atoms with Gasteiger partial charge in [0, 0.05) is 23.7 Å². The Bertz CT molecular complexity index is 533. The zero-order chi connectivity index (χ0) is 12.8. The average Bonchev–Trinajstić information content (AvgIpc) is 2.45. The number of hydrogen-bond acceptors (Lipinski definition) is 5. The molecule has 0 bridgehead atoms. The van der Waals surface area contributed by atoms with Crippen molar-refractivity contribution in [1.82, 2.24) is 15.4 Å². The fourth-order valence-corrected chi connectivity index (χ4v) is 2.28. The number of hydrazine groups is 1. The van der Waals surface area contributed by atoms with E-state index in [2.05, 4.69) is 15.4 Å². The van der Waals surface area contributed by atoms with Gasteiger partial charge in [-0.15, -0.1) is 11.8 Å². The predicted octanol–water partition coefficient (Wildman–Crippen LogP) is 1.37. The van der Waals surface area contributed by atoms with Crippen molar-refractivity contribution in [3.8, 4) is 0 Å². The summed E-state index contributed by atoms with van der Waals surface area (Å²) in [7, 11) is 0. The molecule has 6 heteroatoms. The number of amides is 1. The molecule has 0 fully saturated rings. The largest absolute Gasteiger partial charge is 0.290 e. The van der Waals surface area contributed by atoms with E-state index < -0.39 is 0 Å². The Morgan fingerprint density at radius 3 is 2.89 bits per heavy atom. The molecule has 18 heavy (non-hydrogen) atoms. The van der Waals surface area contributed by atoms with Gasteiger partial charge in [0.25, 0.3) is 5.91 Å². The fourth-order valence-electron chi connectivity index (χ4n) is 1.46. The van der Waals surface area contributed by atoms with E-state index in [1.807, 2.05) is 12.1 Å². The number of thioether (sulfide) groups is 1. The van der Waals surface area contributed by atoms with Crippen molar-refractivity contribution in [2.24, 2.45) is 5.84 Å². The molecular weight excluding hydrogens is 248 g/mol. The van der Waals surface area contributed by atoms with E-state index in [1.54, 1.807) is 30.7 Å². The highest BCUT2D eigenvalue weighted by Gasteiger charge is 2.09. The molecule has 0 radical (unpaired) electrons. The number of nitrogens with one attached hydrogen (secondary N) is 1. The van der Waals surface area contributed by atoms with Gasteiger partial charge in [0.15, 0.2) is 0 Å². The third-order valence-corrected chi connectivity index (χ3v) is 3.27. The molecule has 0 saturated heterocycles. The molecule has 0 aliphatic heterocycles. The molecule has 3 N–H and O–H groups in total. The molecule has 0 atom stereocenters. The molecule has 0 unspecified atom stereocenters. The smallest absolute Gasteiger partial charge is 0.265 e. The second-order valence-electron chi connectivity index (χ2n) is 3.46. The van der Waals surface area contributed by atoms with Gasteiger partial charge in [-0.25, -0.2) is 10.8 Å². The van der Waals surface area contributed by atoms with Gasteiger partial charge in [0.1, 0.15) is 5.03 Å². The van der Waals surface area contributed by atoms with Gasteiger partial charge >= 0.3 is 0 Å². The zero-order valence-electron chi connectivity index (χ0n) is 9.54. The molecule has 0 aliphatic carbocycles. The van der Waals surface area contributed by atoms with Gasteiger partial charge in [-0.3, -0.25) is 15.2 Å². The Morgan fingerprint density at radius 1 is 1.33 bits per heavy atom. The summed E-state index contributed by atoms with van der Waals surface area (Å²) >= 11 is 1.52. The molecule has 1 aromatic carbocycles. The molecule has 0 spiro atoms. The first kappa shape index (κ1) is 12.5. The summed E-state index contributed by atoms with van der Waals surface area (Å²) in [6, 6.07) is 7.34. The quantitative estimate of drug-likeness (QED) is 0.375. The van der Waals surface area contributed by atoms with Crippen LogP contribution in [-0.4, -0.2) is 15.9 Å². The molecule has 0 aliphatic rings. The number of hydrogen-bond donors (Lipinski definition) is 2. The molecule has 92 valence electrons. The summed E-state index contributed by atoms with van der Waals surface area (Å²) in [5, 5.41) is 0.820. The molecule has 2 rings (SSSR count). The van der Waals surface area contributed by atoms with Crippen molar-refractivity contribution in [3.63, 3.8) is 0 Å². The van der Waals surface area contributed by atoms with Crippen LogP contribution in [-0.2, 0) is 5.75 Å². The zero-order valence-corrected chi connectivity index (χ0v) is 10.4. The van der Waals surface area contributed by atoms with Gasteiger partial charge in [-0.2, -0.15) is 0 Å². The van der Waals surface area contributed by atoms with Crippen LogP contribution in [0.25, 0.3) is 0 Å². The van der Waals surface area contributed by atoms with Crippen LogP contribution in [0.1, 0.15) is 15.9 Å². The van der Waals surface area contributed by atoms with Crippen LogP contribution in [0.15, 0.2) is 47.9 Å². The first-order valence-electron chi connectivity index (χ1n) is 5.29. The molecule has 2 aromatic rings. The Morgan fingerprint density at radius 2 is 2.17 bits per heavy atom. The minimum Gasteiger partial charge on any atom is -0.290 e. The number of carbonyl (C=O) groups excluding carboxylic acids is 1. The predicted molar refractivity (Wildman–Crippen MR) is 69.7 cm³/mol. The highest BCUT2D eigenvalue weighted by Crippen LogP contribution is 2.21. The van der Waals surface area contributed by atoms with Crippen molar-refractivity contribution in [2.45, 2.75) is 10.8 Å². The van der Waals surface area contributed by atoms with E-state index in [1.165, 1.54) is 11.8 Å². The first-order valence-corrected chi connectivity index (χ1v) is 6.27. The Balaban J connectivity index is 2.12. The van der Waals surface area contributed by atoms with Crippen LogP contribution in [0.2, 0.25) is 0 Å². The van der Waals surface area contributed by atoms with Crippen LogP contribution in [0, 0.1) is 0 Å². The van der Waals surface area contributed by atoms with Crippen LogP contribution < -0.4 is 11.3 Å². The summed E-state index contributed by atoms with van der Waals surface area (Å²) in [5.74, 6) is 5.51. The molecule has 0 saturated carbocycles. The Kier molecular flexibility index (Phi) is 4.27. The van der Waals surface area contributed by atoms with Crippen molar-refractivity contribution in [1.29, 1.82) is 0 Å². The molecule has 5 nitrogen and oxygen atoms in total. The van der Waals surface area contributed by atoms with Crippen molar-refractivity contribution >= 4 is 17.7 Å². The number of carbonyl (C=O) groups is 1. The maximum atomic E-state index is 11.6. The van der Waals surface area contributed by atoms with E-state index in [0.717, 1.165) is 10.6 Å². The van der Waals surface area contributed by atoms with Crippen molar-refractivity contribution in [2.75, 3.05) is 0 Å². The first-order chi connectivity index (χ1) is 8.81. The normalized spacial score (nSPS) is 10.1. The monoisotopic (exact) mass is 260 g/mol. The second kappa shape index (κ2) is 6.13. The highest BCUT2D eigenvalue weighted by atomic mass is 32.2. The molecule has 1 aromatic heterocycles. The molecule has 1 heterocycles. The number of nitrogens with two attached hydrogens (primary N) is 1. The number of benzene rings is 1. The molecule has 1 amide bonds. The minimum atomic E-state index is -0.287. The van der Waals surface area contributed by atoms with Gasteiger partial charge in [0.05, 0.1) is 6.20 Å². The molecular formula is C12H12N4OS. The Hall–Kier alpha value is -1.92. The third kappa shape index (κ3) is 3.06. The minimum absolute atomic E-state index is 0.287. The maximum Gasteiger partial charge on any atom is 0.265 e. The van der Waals surface area contributed by atoms with Gasteiger partial charge in [0.2, 0.25) is 0 Å². The summed E-state index contributed by atoms with van der Waals surface area (Å²) in [5.41, 5.74) is 3.64. The van der Waals surface area contributed by atoms with E-state index in [4.69, 9.17) is 5.84 Å². The lowest BCUT2D eigenvalue weighted by Gasteiger charge is -2.07. The number of rotatable bonds is 4. The lowest BCUT2D eigenvalue weighted by molar-refractivity contribution is 0.0953. The fraction of sp³-hybridized carbons (Fsp3) is 0.0833. The number of nitrogen functional groups attached to an aromatic ring is 1. The number of aromatic nitrogens is 2. The Labute approximate surface area is 109 Å². The average molecular weight is 260 g/mol. The summed E-state index contributed by atoms with van der Waals surface area (Å²) in [6.45, 7) is 0. The summed E-state index contributed by atoms with van der Waals surface area (Å²) in [4.78, 5) is 19.7. The lowest BCUT2D eigenvalue weighted by Crippen LogP contribution is -2.30. The maximum absolute atomic E-state index is 11.6. The topological polar surface area (TPSA) is 80.9 Å². The summed E-state index contributed by atoms with van der Waals surface area (Å²) in [6.07, 6.45) is 4.96. The lowest BCUT2D eigenvalue weighted by atomic mass is 10.1. The number of nitrogens with zero attached hydrogens (tertiary/aromatic N) is 2. The second-order valence-corrected chi connectivity index (χ2v) is 4.46. The van der Waals surface area contributed by atoms with E-state index in [0.29, 0.717) is 11.3 Å². The van der Waals surface area contributed by atoms with Crippen LogP contribution in [0.4, 0.5) is 0 Å². The summed E-state index contributed by atoms with van der Waals surface area (Å²) < 4.78 is 0. The van der Waals surface area contributed by atoms with Gasteiger partial charge < -0.3 is 0 Å². The van der Waals surface area contributed by atoms with Crippen molar-refractivity contribution < 1.29 is 4.79 Å².